The van der Waals surface area contributed by atoms with Gasteiger partial charge in [0.05, 0.1) is 0 Å². The monoisotopic (exact) mass is 226 g/mol. The van der Waals surface area contributed by atoms with Crippen LogP contribution in [0.15, 0.2) is 0 Å². The maximum absolute atomic E-state index is 6.01. The number of nitrogens with one attached hydrogen (secondary N) is 1. The average Bonchev–Trinajstić information content (AvgIpc) is 2.44. The molecule has 96 valence electrons. The van der Waals surface area contributed by atoms with Gasteiger partial charge in [-0.1, -0.05) is 33.1 Å². The summed E-state index contributed by atoms with van der Waals surface area (Å²) < 4.78 is 0. The Labute approximate surface area is 101 Å². The molecule has 0 radical (unpaired) electrons. The van der Waals surface area contributed by atoms with E-state index in [0.717, 1.165) is 24.9 Å². The summed E-state index contributed by atoms with van der Waals surface area (Å²) in [6, 6.07) is 1.17. The van der Waals surface area contributed by atoms with Crippen molar-refractivity contribution in [2.24, 2.45) is 11.7 Å². The Balaban J connectivity index is 2.07. The van der Waals surface area contributed by atoms with Crippen molar-refractivity contribution in [3.05, 3.63) is 0 Å². The number of nitrogens with two attached hydrogens (primary N) is 1. The minimum absolute atomic E-state index is 0.405. The van der Waals surface area contributed by atoms with E-state index in [1.165, 1.54) is 44.9 Å². The van der Waals surface area contributed by atoms with Crippen molar-refractivity contribution in [2.75, 3.05) is 6.54 Å². The fourth-order valence-electron chi connectivity index (χ4n) is 2.68. The Morgan fingerprint density at radius 3 is 2.75 bits per heavy atom. The maximum atomic E-state index is 6.01. The van der Waals surface area contributed by atoms with Crippen molar-refractivity contribution in [3.63, 3.8) is 0 Å². The fourth-order valence-corrected chi connectivity index (χ4v) is 2.68. The van der Waals surface area contributed by atoms with Gasteiger partial charge in [0.2, 0.25) is 0 Å². The van der Waals surface area contributed by atoms with E-state index in [4.69, 9.17) is 5.73 Å². The minimum Gasteiger partial charge on any atom is -0.328 e. The van der Waals surface area contributed by atoms with Crippen LogP contribution in [0, 0.1) is 5.92 Å². The zero-order valence-corrected chi connectivity index (χ0v) is 11.2. The van der Waals surface area contributed by atoms with Crippen molar-refractivity contribution in [1.82, 2.24) is 5.32 Å². The Hall–Kier alpha value is -0.0800. The lowest BCUT2D eigenvalue weighted by atomic mass is 10.0. The molecule has 2 nitrogen and oxygen atoms in total. The van der Waals surface area contributed by atoms with E-state index in [-0.39, 0.29) is 0 Å². The van der Waals surface area contributed by atoms with E-state index in [1.807, 2.05) is 0 Å². The van der Waals surface area contributed by atoms with Gasteiger partial charge in [-0.25, -0.2) is 0 Å². The number of hydrogen-bond donors (Lipinski definition) is 2. The number of hydrogen-bond acceptors (Lipinski definition) is 2. The van der Waals surface area contributed by atoms with Crippen LogP contribution in [-0.2, 0) is 0 Å². The highest BCUT2D eigenvalue weighted by Crippen LogP contribution is 2.22. The van der Waals surface area contributed by atoms with Gasteiger partial charge in [0.15, 0.2) is 0 Å². The normalized spacial score (nSPS) is 28.7. The van der Waals surface area contributed by atoms with Gasteiger partial charge in [-0.3, -0.25) is 0 Å². The summed E-state index contributed by atoms with van der Waals surface area (Å²) in [6.45, 7) is 5.71. The summed E-state index contributed by atoms with van der Waals surface area (Å²) in [5, 5.41) is 3.69. The lowest BCUT2D eigenvalue weighted by Gasteiger charge is -2.18. The molecular weight excluding hydrogens is 196 g/mol. The first-order valence-electron chi connectivity index (χ1n) is 7.21. The lowest BCUT2D eigenvalue weighted by Crippen LogP contribution is -2.33. The van der Waals surface area contributed by atoms with E-state index in [0.29, 0.717) is 6.04 Å². The van der Waals surface area contributed by atoms with Crippen molar-refractivity contribution in [2.45, 2.75) is 77.3 Å². The fraction of sp³-hybridized carbons (Fsp3) is 1.00. The molecule has 1 aliphatic rings. The third kappa shape index (κ3) is 5.86. The van der Waals surface area contributed by atoms with E-state index in [9.17, 15) is 0 Å². The van der Waals surface area contributed by atoms with Crippen LogP contribution in [0.2, 0.25) is 0 Å². The second kappa shape index (κ2) is 8.08. The molecule has 3 N–H and O–H groups in total. The van der Waals surface area contributed by atoms with Gasteiger partial charge in [-0.2, -0.15) is 0 Å². The van der Waals surface area contributed by atoms with Crippen molar-refractivity contribution < 1.29 is 0 Å². The van der Waals surface area contributed by atoms with Crippen LogP contribution >= 0.6 is 0 Å². The zero-order chi connectivity index (χ0) is 11.8. The quantitative estimate of drug-likeness (QED) is 0.683. The van der Waals surface area contributed by atoms with Gasteiger partial charge in [0.25, 0.3) is 0 Å². The summed E-state index contributed by atoms with van der Waals surface area (Å²) in [4.78, 5) is 0. The highest BCUT2D eigenvalue weighted by atomic mass is 14.9. The summed E-state index contributed by atoms with van der Waals surface area (Å²) >= 11 is 0. The van der Waals surface area contributed by atoms with Crippen LogP contribution in [0.4, 0.5) is 0 Å². The van der Waals surface area contributed by atoms with E-state index >= 15 is 0 Å². The molecule has 1 saturated carbocycles. The summed E-state index contributed by atoms with van der Waals surface area (Å²) in [5.41, 5.74) is 6.01. The van der Waals surface area contributed by atoms with Gasteiger partial charge >= 0.3 is 0 Å². The highest BCUT2D eigenvalue weighted by Gasteiger charge is 2.15. The maximum Gasteiger partial charge on any atom is 0.00671 e. The Morgan fingerprint density at radius 2 is 2.00 bits per heavy atom. The van der Waals surface area contributed by atoms with Gasteiger partial charge in [0, 0.05) is 12.1 Å². The molecule has 0 amide bonds. The Kier molecular flexibility index (Phi) is 7.06. The molecule has 0 saturated heterocycles. The molecule has 0 aromatic carbocycles. The van der Waals surface area contributed by atoms with Crippen LogP contribution in [-0.4, -0.2) is 18.6 Å². The summed E-state index contributed by atoms with van der Waals surface area (Å²) in [7, 11) is 0. The molecule has 3 atom stereocenters. The predicted molar refractivity (Wildman–Crippen MR) is 71.5 cm³/mol. The molecule has 3 unspecified atom stereocenters. The third-order valence-electron chi connectivity index (χ3n) is 3.87. The number of rotatable bonds is 6. The SMILES string of the molecule is CCCC(N)CCNC1CCCC(C)CC1. The van der Waals surface area contributed by atoms with E-state index in [2.05, 4.69) is 19.2 Å². The molecule has 2 heteroatoms. The summed E-state index contributed by atoms with van der Waals surface area (Å²) in [5.74, 6) is 0.939. The molecule has 16 heavy (non-hydrogen) atoms. The van der Waals surface area contributed by atoms with Crippen LogP contribution in [0.25, 0.3) is 0 Å². The van der Waals surface area contributed by atoms with Gasteiger partial charge in [0.1, 0.15) is 0 Å². The standard InChI is InChI=1S/C14H30N2/c1-3-5-13(15)10-11-16-14-7-4-6-12(2)8-9-14/h12-14,16H,3-11,15H2,1-2H3. The van der Waals surface area contributed by atoms with Crippen LogP contribution < -0.4 is 11.1 Å². The topological polar surface area (TPSA) is 38.0 Å². The van der Waals surface area contributed by atoms with E-state index < -0.39 is 0 Å². The van der Waals surface area contributed by atoms with E-state index in [1.54, 1.807) is 0 Å². The molecule has 0 spiro atoms. The van der Waals surface area contributed by atoms with Gasteiger partial charge in [-0.05, 0) is 44.6 Å². The molecule has 0 bridgehead atoms. The predicted octanol–water partition coefficient (Wildman–Crippen LogP) is 3.06. The first kappa shape index (κ1) is 14.0. The largest absolute Gasteiger partial charge is 0.328 e. The lowest BCUT2D eigenvalue weighted by molar-refractivity contribution is 0.428. The molecule has 1 aliphatic carbocycles. The van der Waals surface area contributed by atoms with Gasteiger partial charge < -0.3 is 11.1 Å². The summed E-state index contributed by atoms with van der Waals surface area (Å²) in [6.07, 6.45) is 10.5. The third-order valence-corrected chi connectivity index (χ3v) is 3.87. The Morgan fingerprint density at radius 1 is 1.19 bits per heavy atom. The van der Waals surface area contributed by atoms with Crippen molar-refractivity contribution in [3.8, 4) is 0 Å². The van der Waals surface area contributed by atoms with Crippen LogP contribution in [0.1, 0.15) is 65.2 Å². The molecular formula is C14H30N2. The molecule has 0 aliphatic heterocycles. The second-order valence-electron chi connectivity index (χ2n) is 5.60. The smallest absolute Gasteiger partial charge is 0.00671 e. The average molecular weight is 226 g/mol. The molecule has 1 fully saturated rings. The molecule has 1 rings (SSSR count). The van der Waals surface area contributed by atoms with Crippen LogP contribution in [0.3, 0.4) is 0 Å². The highest BCUT2D eigenvalue weighted by molar-refractivity contribution is 4.74. The first-order valence-corrected chi connectivity index (χ1v) is 7.21. The van der Waals surface area contributed by atoms with Crippen LogP contribution in [0.5, 0.6) is 0 Å². The first-order chi connectivity index (χ1) is 7.72. The Bertz CT molecular complexity index is 170. The molecule has 0 aromatic heterocycles. The zero-order valence-electron chi connectivity index (χ0n) is 11.2. The van der Waals surface area contributed by atoms with Gasteiger partial charge in [-0.15, -0.1) is 0 Å². The molecule has 0 heterocycles. The molecule has 0 aromatic rings. The van der Waals surface area contributed by atoms with Crippen molar-refractivity contribution in [1.29, 1.82) is 0 Å². The van der Waals surface area contributed by atoms with Crippen molar-refractivity contribution >= 4 is 0 Å². The minimum atomic E-state index is 0.405. The second-order valence-corrected chi connectivity index (χ2v) is 5.60.